The van der Waals surface area contributed by atoms with Crippen LogP contribution in [0.15, 0.2) is 84.3 Å². The number of benzene rings is 3. The van der Waals surface area contributed by atoms with E-state index < -0.39 is 11.6 Å². The molecule has 4 N–H and O–H groups in total. The maximum atomic E-state index is 10.4. The molecule has 2 heterocycles. The summed E-state index contributed by atoms with van der Waals surface area (Å²) < 4.78 is 11.4. The number of nitrogens with one attached hydrogen (secondary N) is 2. The molecule has 2 aliphatic heterocycles. The minimum atomic E-state index is -0.740. The number of nitriles is 1. The average molecular weight is 422 g/mol. The Morgan fingerprint density at radius 1 is 0.938 bits per heavy atom. The third kappa shape index (κ3) is 2.29. The van der Waals surface area contributed by atoms with Gasteiger partial charge in [-0.3, -0.25) is 0 Å². The first kappa shape index (κ1) is 18.9. The third-order valence-corrected chi connectivity index (χ3v) is 7.04. The molecule has 3 aromatic rings. The van der Waals surface area contributed by atoms with Crippen LogP contribution in [-0.4, -0.2) is 13.3 Å². The Labute approximate surface area is 186 Å². The highest BCUT2D eigenvalue weighted by atomic mass is 16.5. The molecule has 6 nitrogen and oxygen atoms in total. The number of ether oxygens (including phenoxy) is 2. The Kier molecular flexibility index (Phi) is 4.06. The summed E-state index contributed by atoms with van der Waals surface area (Å²) in [6.07, 6.45) is -0.404. The zero-order valence-electron chi connectivity index (χ0n) is 17.5. The molecule has 6 heteroatoms. The molecule has 0 amide bonds. The fourth-order valence-corrected chi connectivity index (χ4v) is 5.81. The van der Waals surface area contributed by atoms with E-state index in [-0.39, 0.29) is 17.8 Å². The highest BCUT2D eigenvalue weighted by molar-refractivity contribution is 5.84. The van der Waals surface area contributed by atoms with Crippen LogP contribution in [-0.2, 0) is 10.2 Å². The van der Waals surface area contributed by atoms with Crippen molar-refractivity contribution in [2.24, 2.45) is 11.7 Å². The second kappa shape index (κ2) is 6.86. The third-order valence-electron chi connectivity index (χ3n) is 7.04. The number of allylic oxidation sites excluding steroid dienone is 1. The predicted octanol–water partition coefficient (Wildman–Crippen LogP) is 3.48. The molecule has 1 aliphatic carbocycles. The molecule has 0 radical (unpaired) electrons. The number of fused-ring (bicyclic) bond motifs is 7. The van der Waals surface area contributed by atoms with E-state index in [2.05, 4.69) is 53.3 Å². The SMILES string of the molecule is COc1ccc(C2NNC3OC(N)=C(C#N)C4(c5ccccc5-c5ccccc54)C32)cc1. The van der Waals surface area contributed by atoms with Crippen LogP contribution in [0.3, 0.4) is 0 Å². The van der Waals surface area contributed by atoms with Gasteiger partial charge in [0, 0.05) is 0 Å². The number of rotatable bonds is 2. The van der Waals surface area contributed by atoms with Crippen LogP contribution >= 0.6 is 0 Å². The standard InChI is InChI=1S/C26H22N4O2/c1-31-16-12-10-15(11-13-16)23-22-25(30-29-23)32-24(28)21(14-27)26(22)19-8-4-2-6-17(19)18-7-3-5-9-20(18)26/h2-13,22-23,25,29-30H,28H2,1H3. The summed E-state index contributed by atoms with van der Waals surface area (Å²) >= 11 is 0. The molecule has 32 heavy (non-hydrogen) atoms. The Balaban J connectivity index is 1.65. The second-order valence-electron chi connectivity index (χ2n) is 8.35. The predicted molar refractivity (Wildman–Crippen MR) is 120 cm³/mol. The first-order chi connectivity index (χ1) is 15.7. The van der Waals surface area contributed by atoms with E-state index in [1.165, 1.54) is 0 Å². The fraction of sp³-hybridized carbons (Fsp3) is 0.192. The van der Waals surface area contributed by atoms with Crippen LogP contribution in [0, 0.1) is 17.2 Å². The van der Waals surface area contributed by atoms with Gasteiger partial charge >= 0.3 is 0 Å². The van der Waals surface area contributed by atoms with Crippen molar-refractivity contribution in [2.75, 3.05) is 7.11 Å². The van der Waals surface area contributed by atoms with E-state index >= 15 is 0 Å². The van der Waals surface area contributed by atoms with Gasteiger partial charge in [-0.05, 0) is 39.9 Å². The van der Waals surface area contributed by atoms with Gasteiger partial charge in [0.15, 0.2) is 6.23 Å². The lowest BCUT2D eigenvalue weighted by Crippen LogP contribution is -2.51. The maximum Gasteiger partial charge on any atom is 0.201 e. The lowest BCUT2D eigenvalue weighted by molar-refractivity contribution is 0.0182. The summed E-state index contributed by atoms with van der Waals surface area (Å²) in [5, 5.41) is 10.4. The van der Waals surface area contributed by atoms with Gasteiger partial charge in [-0.1, -0.05) is 60.7 Å². The molecule has 158 valence electrons. The molecule has 0 bridgehead atoms. The summed E-state index contributed by atoms with van der Waals surface area (Å²) in [5.41, 5.74) is 18.3. The Bertz CT molecular complexity index is 1250. The second-order valence-corrected chi connectivity index (χ2v) is 8.35. The van der Waals surface area contributed by atoms with Crippen LogP contribution in [0.2, 0.25) is 0 Å². The van der Waals surface area contributed by atoms with Gasteiger partial charge in [0.05, 0.1) is 24.5 Å². The van der Waals surface area contributed by atoms with Crippen molar-refractivity contribution in [2.45, 2.75) is 17.7 Å². The monoisotopic (exact) mass is 422 g/mol. The maximum absolute atomic E-state index is 10.4. The van der Waals surface area contributed by atoms with Crippen molar-refractivity contribution in [3.8, 4) is 22.9 Å². The average Bonchev–Trinajstić information content (AvgIpc) is 3.38. The summed E-state index contributed by atoms with van der Waals surface area (Å²) in [6.45, 7) is 0. The van der Waals surface area contributed by atoms with Crippen LogP contribution in [0.1, 0.15) is 22.7 Å². The van der Waals surface area contributed by atoms with Gasteiger partial charge < -0.3 is 15.2 Å². The number of hydrazine groups is 1. The van der Waals surface area contributed by atoms with Crippen molar-refractivity contribution < 1.29 is 9.47 Å². The van der Waals surface area contributed by atoms with Gasteiger partial charge in [-0.15, -0.1) is 0 Å². The number of hydrogen-bond acceptors (Lipinski definition) is 6. The van der Waals surface area contributed by atoms with Gasteiger partial charge in [-0.25, -0.2) is 10.9 Å². The van der Waals surface area contributed by atoms with E-state index in [0.717, 1.165) is 33.6 Å². The number of methoxy groups -OCH3 is 1. The highest BCUT2D eigenvalue weighted by Gasteiger charge is 2.62. The summed E-state index contributed by atoms with van der Waals surface area (Å²) in [7, 11) is 1.66. The smallest absolute Gasteiger partial charge is 0.201 e. The van der Waals surface area contributed by atoms with E-state index in [4.69, 9.17) is 15.2 Å². The zero-order valence-corrected chi connectivity index (χ0v) is 17.5. The Morgan fingerprint density at radius 2 is 1.56 bits per heavy atom. The minimum Gasteiger partial charge on any atom is -0.497 e. The van der Waals surface area contributed by atoms with Crippen molar-refractivity contribution in [1.82, 2.24) is 10.9 Å². The molecule has 3 aromatic carbocycles. The van der Waals surface area contributed by atoms with Crippen LogP contribution in [0.5, 0.6) is 5.75 Å². The molecular weight excluding hydrogens is 400 g/mol. The molecule has 6 rings (SSSR count). The lowest BCUT2D eigenvalue weighted by Gasteiger charge is -2.45. The topological polar surface area (TPSA) is 92.3 Å². The van der Waals surface area contributed by atoms with Crippen LogP contribution in [0.4, 0.5) is 0 Å². The van der Waals surface area contributed by atoms with Crippen LogP contribution < -0.4 is 21.3 Å². The Hall–Kier alpha value is -3.79. The number of nitrogens with zero attached hydrogens (tertiary/aromatic N) is 1. The first-order valence-electron chi connectivity index (χ1n) is 10.6. The van der Waals surface area contributed by atoms with Gasteiger partial charge in [0.2, 0.25) is 5.88 Å². The molecule has 3 unspecified atom stereocenters. The molecule has 1 saturated heterocycles. The van der Waals surface area contributed by atoms with Crippen molar-refractivity contribution in [1.29, 1.82) is 5.26 Å². The molecule has 1 fully saturated rings. The van der Waals surface area contributed by atoms with Crippen molar-refractivity contribution in [3.05, 3.63) is 101 Å². The van der Waals surface area contributed by atoms with Gasteiger partial charge in [0.1, 0.15) is 17.4 Å². The minimum absolute atomic E-state index is 0.124. The molecule has 0 aromatic heterocycles. The van der Waals surface area contributed by atoms with Gasteiger partial charge in [0.25, 0.3) is 0 Å². The van der Waals surface area contributed by atoms with E-state index in [1.54, 1.807) is 7.11 Å². The molecule has 0 saturated carbocycles. The molecular formula is C26H22N4O2. The normalized spacial score (nSPS) is 24.3. The van der Waals surface area contributed by atoms with Crippen molar-refractivity contribution in [3.63, 3.8) is 0 Å². The molecule has 3 aliphatic rings. The molecule has 1 spiro atoms. The number of nitrogens with two attached hydrogens (primary N) is 1. The summed E-state index contributed by atoms with van der Waals surface area (Å²) in [6, 6.07) is 26.9. The van der Waals surface area contributed by atoms with Gasteiger partial charge in [-0.2, -0.15) is 5.26 Å². The van der Waals surface area contributed by atoms with E-state index in [0.29, 0.717) is 5.57 Å². The van der Waals surface area contributed by atoms with E-state index in [1.807, 2.05) is 36.4 Å². The summed E-state index contributed by atoms with van der Waals surface area (Å²) in [5.74, 6) is 0.817. The highest BCUT2D eigenvalue weighted by Crippen LogP contribution is 2.62. The zero-order chi connectivity index (χ0) is 21.9. The first-order valence-corrected chi connectivity index (χ1v) is 10.6. The Morgan fingerprint density at radius 3 is 2.16 bits per heavy atom. The largest absolute Gasteiger partial charge is 0.497 e. The van der Waals surface area contributed by atoms with Crippen molar-refractivity contribution >= 4 is 0 Å². The van der Waals surface area contributed by atoms with Crippen LogP contribution in [0.25, 0.3) is 11.1 Å². The lowest BCUT2D eigenvalue weighted by atomic mass is 9.60. The molecule has 3 atom stereocenters. The number of hydrogen-bond donors (Lipinski definition) is 3. The fourth-order valence-electron chi connectivity index (χ4n) is 5.81. The summed E-state index contributed by atoms with van der Waals surface area (Å²) in [4.78, 5) is 0. The van der Waals surface area contributed by atoms with E-state index in [9.17, 15) is 5.26 Å². The quantitative estimate of drug-likeness (QED) is 0.586.